The molecule has 1 aromatic heterocycles. The van der Waals surface area contributed by atoms with E-state index in [4.69, 9.17) is 11.6 Å². The van der Waals surface area contributed by atoms with Crippen molar-refractivity contribution in [2.45, 2.75) is 17.8 Å². The minimum Gasteiger partial charge on any atom is -0.296 e. The van der Waals surface area contributed by atoms with Crippen LogP contribution in [0.1, 0.15) is 21.5 Å². The third kappa shape index (κ3) is 4.69. The Labute approximate surface area is 165 Å². The molecule has 0 radical (unpaired) electrons. The molecule has 0 fully saturated rings. The predicted octanol–water partition coefficient (Wildman–Crippen LogP) is 3.23. The van der Waals surface area contributed by atoms with Gasteiger partial charge in [0.2, 0.25) is 9.47 Å². The summed E-state index contributed by atoms with van der Waals surface area (Å²) >= 11 is 6.74. The summed E-state index contributed by atoms with van der Waals surface area (Å²) in [5.74, 6) is -0.492. The summed E-state index contributed by atoms with van der Waals surface area (Å²) in [5.41, 5.74) is 2.10. The average molecular weight is 423 g/mol. The summed E-state index contributed by atoms with van der Waals surface area (Å²) in [6.45, 7) is 2.03. The van der Waals surface area contributed by atoms with Crippen molar-refractivity contribution >= 4 is 44.0 Å². The highest BCUT2D eigenvalue weighted by molar-refractivity contribution is 7.91. The normalized spacial score (nSPS) is 11.3. The lowest BCUT2D eigenvalue weighted by atomic mass is 10.1. The molecule has 0 aliphatic heterocycles. The van der Waals surface area contributed by atoms with E-state index >= 15 is 0 Å². The van der Waals surface area contributed by atoms with Gasteiger partial charge in [-0.15, -0.1) is 10.2 Å². The number of aryl methyl sites for hydroxylation is 1. The van der Waals surface area contributed by atoms with E-state index in [-0.39, 0.29) is 26.6 Å². The predicted molar refractivity (Wildman–Crippen MR) is 105 cm³/mol. The number of aromatic nitrogens is 2. The minimum absolute atomic E-state index is 0.0659. The summed E-state index contributed by atoms with van der Waals surface area (Å²) < 4.78 is 27.1. The Bertz CT molecular complexity index is 1080. The third-order valence-corrected chi connectivity index (χ3v) is 6.63. The minimum atomic E-state index is -3.85. The van der Waals surface area contributed by atoms with Crippen molar-refractivity contribution in [3.05, 3.63) is 70.2 Å². The number of nitrogens with one attached hydrogen (secondary N) is 2. The van der Waals surface area contributed by atoms with E-state index in [1.165, 1.54) is 0 Å². The molecule has 7 nitrogen and oxygen atoms in total. The number of amides is 1. The summed E-state index contributed by atoms with van der Waals surface area (Å²) in [6, 6.07) is 14.0. The number of nitrogens with zero attached hydrogens (tertiary/aromatic N) is 2. The molecule has 0 spiro atoms. The number of rotatable bonds is 6. The molecule has 1 heterocycles. The van der Waals surface area contributed by atoms with E-state index in [1.54, 1.807) is 24.3 Å². The fraction of sp³-hybridized carbons (Fsp3) is 0.118. The van der Waals surface area contributed by atoms with Crippen molar-refractivity contribution < 1.29 is 13.2 Å². The molecular weight excluding hydrogens is 408 g/mol. The van der Waals surface area contributed by atoms with Crippen molar-refractivity contribution in [1.82, 2.24) is 14.9 Å². The number of hydrogen-bond donors (Lipinski definition) is 2. The van der Waals surface area contributed by atoms with Crippen LogP contribution in [-0.4, -0.2) is 24.5 Å². The number of carbonyl (C=O) groups excluding carboxylic acids is 1. The highest BCUT2D eigenvalue weighted by atomic mass is 35.5. The summed E-state index contributed by atoms with van der Waals surface area (Å²) in [4.78, 5) is 12.2. The number of carbonyl (C=O) groups is 1. The summed E-state index contributed by atoms with van der Waals surface area (Å²) in [6.07, 6.45) is 0. The largest absolute Gasteiger partial charge is 0.296 e. The molecule has 0 saturated carbocycles. The molecule has 0 aliphatic rings. The Kier molecular flexibility index (Phi) is 5.85. The standard InChI is InChI=1S/C17H15ClN4O3S2/c1-11-6-2-3-7-12(11)10-19-27(24,25)17-22-21-16(26-17)20-15(23)13-8-4-5-9-14(13)18/h2-9,19H,10H2,1H3,(H,20,21,23). The lowest BCUT2D eigenvalue weighted by molar-refractivity contribution is 0.102. The zero-order valence-corrected chi connectivity index (χ0v) is 16.5. The van der Waals surface area contributed by atoms with Crippen LogP contribution < -0.4 is 10.0 Å². The van der Waals surface area contributed by atoms with E-state index in [0.29, 0.717) is 0 Å². The Morgan fingerprint density at radius 2 is 1.81 bits per heavy atom. The van der Waals surface area contributed by atoms with Crippen LogP contribution in [0, 0.1) is 6.92 Å². The van der Waals surface area contributed by atoms with Gasteiger partial charge in [-0.1, -0.05) is 59.3 Å². The van der Waals surface area contributed by atoms with Crippen LogP contribution in [0.5, 0.6) is 0 Å². The Hall–Kier alpha value is -2.33. The van der Waals surface area contributed by atoms with E-state index in [2.05, 4.69) is 20.2 Å². The van der Waals surface area contributed by atoms with Gasteiger partial charge >= 0.3 is 0 Å². The molecule has 1 amide bonds. The van der Waals surface area contributed by atoms with Crippen LogP contribution in [-0.2, 0) is 16.6 Å². The molecule has 0 atom stereocenters. The quantitative estimate of drug-likeness (QED) is 0.594. The highest BCUT2D eigenvalue weighted by Crippen LogP contribution is 2.22. The molecule has 10 heteroatoms. The molecule has 3 aromatic rings. The molecule has 2 aromatic carbocycles. The van der Waals surface area contributed by atoms with Crippen molar-refractivity contribution in [1.29, 1.82) is 0 Å². The Morgan fingerprint density at radius 1 is 1.11 bits per heavy atom. The zero-order valence-electron chi connectivity index (χ0n) is 14.1. The van der Waals surface area contributed by atoms with E-state index in [1.807, 2.05) is 31.2 Å². The number of halogens is 1. The lowest BCUT2D eigenvalue weighted by Gasteiger charge is -2.06. The van der Waals surface area contributed by atoms with Crippen LogP contribution in [0.4, 0.5) is 5.13 Å². The van der Waals surface area contributed by atoms with Gasteiger partial charge in [0.1, 0.15) is 0 Å². The third-order valence-electron chi connectivity index (χ3n) is 3.69. The fourth-order valence-corrected chi connectivity index (χ4v) is 4.39. The van der Waals surface area contributed by atoms with Crippen molar-refractivity contribution in [3.63, 3.8) is 0 Å². The molecule has 140 valence electrons. The van der Waals surface area contributed by atoms with Gasteiger partial charge in [-0.25, -0.2) is 13.1 Å². The molecule has 0 bridgehead atoms. The zero-order chi connectivity index (χ0) is 19.4. The van der Waals surface area contributed by atoms with Crippen molar-refractivity contribution in [2.24, 2.45) is 0 Å². The maximum atomic E-state index is 12.4. The van der Waals surface area contributed by atoms with Gasteiger partial charge in [-0.3, -0.25) is 10.1 Å². The van der Waals surface area contributed by atoms with E-state index in [0.717, 1.165) is 22.5 Å². The monoisotopic (exact) mass is 422 g/mol. The number of sulfonamides is 1. The second-order valence-corrected chi connectivity index (χ2v) is 8.88. The van der Waals surface area contributed by atoms with Gasteiger partial charge in [0.15, 0.2) is 0 Å². The first-order valence-corrected chi connectivity index (χ1v) is 10.5. The SMILES string of the molecule is Cc1ccccc1CNS(=O)(=O)c1nnc(NC(=O)c2ccccc2Cl)s1. The van der Waals surface area contributed by atoms with Crippen molar-refractivity contribution in [3.8, 4) is 0 Å². The smallest absolute Gasteiger partial charge is 0.270 e. The fourth-order valence-electron chi connectivity index (χ4n) is 2.22. The van der Waals surface area contributed by atoms with Gasteiger partial charge in [-0.05, 0) is 30.2 Å². The van der Waals surface area contributed by atoms with E-state index < -0.39 is 15.9 Å². The summed E-state index contributed by atoms with van der Waals surface area (Å²) in [5, 5.41) is 10.2. The molecule has 0 unspecified atom stereocenters. The number of hydrogen-bond acceptors (Lipinski definition) is 6. The van der Waals surface area contributed by atoms with E-state index in [9.17, 15) is 13.2 Å². The second-order valence-electron chi connectivity index (χ2n) is 5.56. The van der Waals surface area contributed by atoms with Crippen LogP contribution >= 0.6 is 22.9 Å². The van der Waals surface area contributed by atoms with Gasteiger partial charge < -0.3 is 0 Å². The number of benzene rings is 2. The van der Waals surface area contributed by atoms with Gasteiger partial charge in [0, 0.05) is 6.54 Å². The topological polar surface area (TPSA) is 101 Å². The van der Waals surface area contributed by atoms with Gasteiger partial charge in [0.25, 0.3) is 15.9 Å². The summed E-state index contributed by atoms with van der Waals surface area (Å²) in [7, 11) is -3.85. The first-order chi connectivity index (χ1) is 12.9. The van der Waals surface area contributed by atoms with Crippen LogP contribution in [0.2, 0.25) is 5.02 Å². The first-order valence-electron chi connectivity index (χ1n) is 7.80. The van der Waals surface area contributed by atoms with Crippen LogP contribution in [0.15, 0.2) is 52.9 Å². The van der Waals surface area contributed by atoms with Crippen LogP contribution in [0.3, 0.4) is 0 Å². The molecule has 2 N–H and O–H groups in total. The van der Waals surface area contributed by atoms with Gasteiger partial charge in [-0.2, -0.15) is 0 Å². The van der Waals surface area contributed by atoms with Crippen molar-refractivity contribution in [2.75, 3.05) is 5.32 Å². The Morgan fingerprint density at radius 3 is 2.56 bits per heavy atom. The second kappa shape index (κ2) is 8.13. The molecule has 27 heavy (non-hydrogen) atoms. The van der Waals surface area contributed by atoms with Crippen LogP contribution in [0.25, 0.3) is 0 Å². The Balaban J connectivity index is 1.70. The maximum Gasteiger partial charge on any atom is 0.270 e. The maximum absolute atomic E-state index is 12.4. The molecule has 3 rings (SSSR count). The number of anilines is 1. The molecule has 0 aliphatic carbocycles. The first kappa shape index (κ1) is 19.4. The molecule has 0 saturated heterocycles. The molecular formula is C17H15ClN4O3S2. The highest BCUT2D eigenvalue weighted by Gasteiger charge is 2.21. The average Bonchev–Trinajstić information content (AvgIpc) is 3.11. The lowest BCUT2D eigenvalue weighted by Crippen LogP contribution is -2.23. The van der Waals surface area contributed by atoms with Gasteiger partial charge in [0.05, 0.1) is 10.6 Å².